The minimum absolute atomic E-state index is 0.560. The highest BCUT2D eigenvalue weighted by atomic mass is 79.9. The summed E-state index contributed by atoms with van der Waals surface area (Å²) in [6.07, 6.45) is 0. The fourth-order valence-corrected chi connectivity index (χ4v) is 2.97. The summed E-state index contributed by atoms with van der Waals surface area (Å²) in [7, 11) is 5.28. The Bertz CT molecular complexity index is 699. The van der Waals surface area contributed by atoms with Gasteiger partial charge >= 0.3 is 0 Å². The maximum atomic E-state index is 5.47. The van der Waals surface area contributed by atoms with Crippen LogP contribution in [-0.2, 0) is 11.3 Å². The predicted molar refractivity (Wildman–Crippen MR) is 132 cm³/mol. The van der Waals surface area contributed by atoms with Crippen molar-refractivity contribution in [3.05, 3.63) is 51.5 Å². The third-order valence-corrected chi connectivity index (χ3v) is 5.19. The van der Waals surface area contributed by atoms with Crippen molar-refractivity contribution < 1.29 is 9.47 Å². The Morgan fingerprint density at radius 3 is 2.00 bits per heavy atom. The second kappa shape index (κ2) is 15.2. The molecule has 2 aromatic carbocycles. The molecule has 0 bridgehead atoms. The summed E-state index contributed by atoms with van der Waals surface area (Å²) in [6.45, 7) is 14.1. The molecule has 4 nitrogen and oxygen atoms in total. The molecule has 0 heterocycles. The first kappa shape index (κ1) is 27.3. The van der Waals surface area contributed by atoms with Gasteiger partial charge in [-0.2, -0.15) is 0 Å². The summed E-state index contributed by atoms with van der Waals surface area (Å²) >= 11 is 3.60. The van der Waals surface area contributed by atoms with E-state index in [2.05, 4.69) is 76.3 Å². The molecule has 0 unspecified atom stereocenters. The molecule has 0 amide bonds. The Morgan fingerprint density at radius 2 is 1.59 bits per heavy atom. The average Bonchev–Trinajstić information content (AvgIpc) is 2.76. The van der Waals surface area contributed by atoms with Gasteiger partial charge in [0.2, 0.25) is 0 Å². The van der Waals surface area contributed by atoms with E-state index in [0.717, 1.165) is 40.3 Å². The molecule has 0 aliphatic heterocycles. The van der Waals surface area contributed by atoms with Crippen LogP contribution in [0.3, 0.4) is 0 Å². The lowest BCUT2D eigenvalue weighted by Gasteiger charge is -2.19. The van der Waals surface area contributed by atoms with Crippen molar-refractivity contribution in [2.24, 2.45) is 0 Å². The van der Waals surface area contributed by atoms with Crippen LogP contribution in [0.1, 0.15) is 57.2 Å². The lowest BCUT2D eigenvalue weighted by atomic mass is 10.0. The van der Waals surface area contributed by atoms with E-state index in [4.69, 9.17) is 4.74 Å². The third-order valence-electron chi connectivity index (χ3n) is 4.36. The van der Waals surface area contributed by atoms with Crippen molar-refractivity contribution >= 4 is 27.3 Å². The highest BCUT2D eigenvalue weighted by Crippen LogP contribution is 2.40. The van der Waals surface area contributed by atoms with E-state index in [1.807, 2.05) is 33.9 Å². The van der Waals surface area contributed by atoms with Crippen molar-refractivity contribution in [3.8, 4) is 5.75 Å². The fourth-order valence-electron chi connectivity index (χ4n) is 2.57. The number of halogens is 1. The van der Waals surface area contributed by atoms with Crippen LogP contribution in [0.4, 0.5) is 11.4 Å². The first-order valence-corrected chi connectivity index (χ1v) is 11.0. The molecule has 0 atom stereocenters. The van der Waals surface area contributed by atoms with E-state index < -0.39 is 0 Å². The first-order chi connectivity index (χ1) is 13.9. The van der Waals surface area contributed by atoms with Gasteiger partial charge in [0.25, 0.3) is 0 Å². The maximum Gasteiger partial charge on any atom is 0.145 e. The van der Waals surface area contributed by atoms with E-state index in [-0.39, 0.29) is 0 Å². The van der Waals surface area contributed by atoms with Gasteiger partial charge < -0.3 is 20.1 Å². The Labute approximate surface area is 186 Å². The number of benzene rings is 2. The number of ether oxygens (including phenoxy) is 2. The second-order valence-electron chi connectivity index (χ2n) is 6.51. The van der Waals surface area contributed by atoms with E-state index >= 15 is 0 Å². The molecular weight excluding hydrogens is 428 g/mol. The van der Waals surface area contributed by atoms with Crippen molar-refractivity contribution in [1.29, 1.82) is 0 Å². The van der Waals surface area contributed by atoms with Gasteiger partial charge in [-0.05, 0) is 42.5 Å². The molecule has 0 aliphatic rings. The molecule has 2 aromatic rings. The van der Waals surface area contributed by atoms with Crippen LogP contribution in [0.25, 0.3) is 0 Å². The summed E-state index contributed by atoms with van der Waals surface area (Å²) in [6, 6.07) is 10.8. The minimum atomic E-state index is 0.560. The van der Waals surface area contributed by atoms with E-state index in [9.17, 15) is 0 Å². The minimum Gasteiger partial charge on any atom is -0.494 e. The summed E-state index contributed by atoms with van der Waals surface area (Å²) in [5.41, 5.74) is 5.83. The normalized spacial score (nSPS) is 9.76. The third kappa shape index (κ3) is 8.67. The molecule has 164 valence electrons. The van der Waals surface area contributed by atoms with Crippen LogP contribution in [0.15, 0.2) is 34.8 Å². The van der Waals surface area contributed by atoms with Gasteiger partial charge in [0.05, 0.1) is 12.8 Å². The molecule has 5 heteroatoms. The standard InChI is InChI=1S/C19H25BrN2O.C3H8O.C2H6/c1-12(2)15-8-6-14(7-9-15)11-22-18-13(3)16(20)10-17(23-5)19(18)21-4;1-3-4-2;1-2/h6-10,12,21-22H,11H2,1-5H3;3H2,1-2H3;1-2H3. The Morgan fingerprint density at radius 1 is 1.03 bits per heavy atom. The van der Waals surface area contributed by atoms with E-state index in [0.29, 0.717) is 5.92 Å². The zero-order valence-electron chi connectivity index (χ0n) is 19.6. The first-order valence-electron chi connectivity index (χ1n) is 10.3. The zero-order valence-corrected chi connectivity index (χ0v) is 21.2. The van der Waals surface area contributed by atoms with Gasteiger partial charge in [-0.25, -0.2) is 0 Å². The number of hydrogen-bond donors (Lipinski definition) is 2. The quantitative estimate of drug-likeness (QED) is 0.451. The highest BCUT2D eigenvalue weighted by Gasteiger charge is 2.14. The molecule has 0 spiro atoms. The number of anilines is 2. The number of hydrogen-bond acceptors (Lipinski definition) is 4. The largest absolute Gasteiger partial charge is 0.494 e. The summed E-state index contributed by atoms with van der Waals surface area (Å²) in [5, 5.41) is 6.78. The van der Waals surface area contributed by atoms with Gasteiger partial charge in [-0.15, -0.1) is 0 Å². The SMILES string of the molecule is CC.CCOC.CNc1c(OC)cc(Br)c(C)c1NCc1ccc(C(C)C)cc1. The Balaban J connectivity index is 0.00000116. The highest BCUT2D eigenvalue weighted by molar-refractivity contribution is 9.10. The smallest absolute Gasteiger partial charge is 0.145 e. The van der Waals surface area contributed by atoms with Crippen molar-refractivity contribution in [1.82, 2.24) is 0 Å². The summed E-state index contributed by atoms with van der Waals surface area (Å²) in [5.74, 6) is 1.38. The monoisotopic (exact) mass is 466 g/mol. The van der Waals surface area contributed by atoms with E-state index in [1.165, 1.54) is 11.1 Å². The number of rotatable bonds is 7. The number of nitrogens with one attached hydrogen (secondary N) is 2. The van der Waals surface area contributed by atoms with E-state index in [1.54, 1.807) is 14.2 Å². The molecule has 0 aliphatic carbocycles. The van der Waals surface area contributed by atoms with Crippen LogP contribution in [-0.4, -0.2) is 27.9 Å². The molecule has 2 rings (SSSR count). The maximum absolute atomic E-state index is 5.47. The summed E-state index contributed by atoms with van der Waals surface area (Å²) < 4.78 is 11.0. The molecule has 2 N–H and O–H groups in total. The van der Waals surface area contributed by atoms with Gasteiger partial charge in [-0.3, -0.25) is 0 Å². The fraction of sp³-hybridized carbons (Fsp3) is 0.500. The topological polar surface area (TPSA) is 42.5 Å². The van der Waals surface area contributed by atoms with Crippen molar-refractivity contribution in [3.63, 3.8) is 0 Å². The molecule has 0 saturated carbocycles. The summed E-state index contributed by atoms with van der Waals surface area (Å²) in [4.78, 5) is 0. The lowest BCUT2D eigenvalue weighted by Crippen LogP contribution is -2.06. The van der Waals surface area contributed by atoms with Crippen LogP contribution >= 0.6 is 15.9 Å². The van der Waals surface area contributed by atoms with Gasteiger partial charge in [0.15, 0.2) is 0 Å². The molecule has 0 fully saturated rings. The molecule has 0 aromatic heterocycles. The Kier molecular flexibility index (Phi) is 14.3. The molecular formula is C24H39BrN2O2. The average molecular weight is 467 g/mol. The Hall–Kier alpha value is -1.72. The van der Waals surface area contributed by atoms with Gasteiger partial charge in [0.1, 0.15) is 11.4 Å². The lowest BCUT2D eigenvalue weighted by molar-refractivity contribution is 0.215. The van der Waals surface area contributed by atoms with Gasteiger partial charge in [-0.1, -0.05) is 67.9 Å². The molecule has 0 saturated heterocycles. The number of methoxy groups -OCH3 is 2. The van der Waals surface area contributed by atoms with Gasteiger partial charge in [0, 0.05) is 31.8 Å². The van der Waals surface area contributed by atoms with Crippen LogP contribution < -0.4 is 15.4 Å². The zero-order chi connectivity index (χ0) is 22.4. The molecule has 0 radical (unpaired) electrons. The predicted octanol–water partition coefficient (Wildman–Crippen LogP) is 7.22. The van der Waals surface area contributed by atoms with Crippen LogP contribution in [0.5, 0.6) is 5.75 Å². The molecule has 29 heavy (non-hydrogen) atoms. The van der Waals surface area contributed by atoms with Crippen LogP contribution in [0, 0.1) is 6.92 Å². The van der Waals surface area contributed by atoms with Crippen molar-refractivity contribution in [2.45, 2.75) is 54.0 Å². The van der Waals surface area contributed by atoms with Crippen molar-refractivity contribution in [2.75, 3.05) is 38.5 Å². The van der Waals surface area contributed by atoms with Crippen LogP contribution in [0.2, 0.25) is 0 Å². The second-order valence-corrected chi connectivity index (χ2v) is 7.37.